The fraction of sp³-hybridized carbons (Fsp3) is 0.800. The normalized spacial score (nSPS) is 15.3. The third-order valence-corrected chi connectivity index (χ3v) is 9.83. The van der Waals surface area contributed by atoms with Gasteiger partial charge in [0.25, 0.3) is 5.91 Å². The average Bonchev–Trinajstić information content (AvgIpc) is 2.54. The third kappa shape index (κ3) is 9.03. The van der Waals surface area contributed by atoms with Gasteiger partial charge in [-0.3, -0.25) is 14.4 Å². The predicted molar refractivity (Wildman–Crippen MR) is 111 cm³/mol. The van der Waals surface area contributed by atoms with Gasteiger partial charge in [-0.2, -0.15) is 0 Å². The maximum atomic E-state index is 12.6. The molecule has 0 aromatic heterocycles. The Morgan fingerprint density at radius 2 is 1.74 bits per heavy atom. The van der Waals surface area contributed by atoms with E-state index in [2.05, 4.69) is 33.9 Å². The van der Waals surface area contributed by atoms with Gasteiger partial charge in [-0.05, 0) is 44.0 Å². The lowest BCUT2D eigenvalue weighted by Crippen LogP contribution is -2.48. The van der Waals surface area contributed by atoms with Crippen LogP contribution in [0, 0.1) is 5.92 Å². The van der Waals surface area contributed by atoms with E-state index in [0.29, 0.717) is 0 Å². The number of hydrogen-bond donors (Lipinski definition) is 0. The van der Waals surface area contributed by atoms with E-state index in [1.807, 2.05) is 19.9 Å². The van der Waals surface area contributed by atoms with Crippen molar-refractivity contribution in [1.82, 2.24) is 5.06 Å². The third-order valence-electron chi connectivity index (χ3n) is 5.33. The van der Waals surface area contributed by atoms with E-state index in [-0.39, 0.29) is 35.5 Å². The van der Waals surface area contributed by atoms with Crippen molar-refractivity contribution in [2.45, 2.75) is 78.6 Å². The van der Waals surface area contributed by atoms with E-state index in [0.717, 1.165) is 18.4 Å². The highest BCUT2D eigenvalue weighted by Gasteiger charge is 2.41. The molecule has 0 radical (unpaired) electrons. The van der Waals surface area contributed by atoms with E-state index in [9.17, 15) is 9.59 Å². The number of carbonyl (C=O) groups is 2. The summed E-state index contributed by atoms with van der Waals surface area (Å²) < 4.78 is 11.6. The van der Waals surface area contributed by atoms with Crippen LogP contribution in [0.25, 0.3) is 0 Å². The number of carbonyl (C=O) groups excluding carboxylic acids is 2. The molecule has 0 aliphatic heterocycles. The van der Waals surface area contributed by atoms with Gasteiger partial charge in [0.15, 0.2) is 8.32 Å². The molecular weight excluding hydrogens is 362 g/mol. The number of hydrogen-bond acceptors (Lipinski definition) is 5. The highest BCUT2D eigenvalue weighted by molar-refractivity contribution is 6.74. The number of ether oxygens (including phenoxy) is 1. The van der Waals surface area contributed by atoms with E-state index in [1.165, 1.54) is 19.1 Å². The zero-order chi connectivity index (χ0) is 21.4. The molecule has 7 heteroatoms. The fourth-order valence-electron chi connectivity index (χ4n) is 2.28. The minimum atomic E-state index is -2.03. The van der Waals surface area contributed by atoms with Crippen LogP contribution in [0.15, 0.2) is 11.6 Å². The molecule has 0 aromatic carbocycles. The molecule has 158 valence electrons. The number of rotatable bonds is 10. The van der Waals surface area contributed by atoms with Crippen molar-refractivity contribution in [2.24, 2.45) is 5.92 Å². The average molecular weight is 402 g/mol. The van der Waals surface area contributed by atoms with Gasteiger partial charge in [-0.25, -0.2) is 5.06 Å². The summed E-state index contributed by atoms with van der Waals surface area (Å²) in [6.45, 7) is 16.5. The van der Waals surface area contributed by atoms with Crippen LogP contribution >= 0.6 is 0 Å². The number of esters is 1. The Morgan fingerprint density at radius 1 is 1.19 bits per heavy atom. The van der Waals surface area contributed by atoms with Gasteiger partial charge < -0.3 is 9.16 Å². The van der Waals surface area contributed by atoms with Gasteiger partial charge in [0.1, 0.15) is 6.61 Å². The van der Waals surface area contributed by atoms with Crippen molar-refractivity contribution in [1.29, 1.82) is 0 Å². The van der Waals surface area contributed by atoms with Crippen LogP contribution in [-0.2, 0) is 23.6 Å². The highest BCUT2D eigenvalue weighted by atomic mass is 28.4. The number of allylic oxidation sites excluding steroid dienone is 1. The van der Waals surface area contributed by atoms with Crippen LogP contribution in [0.1, 0.15) is 54.4 Å². The number of hydroxylamine groups is 2. The lowest BCUT2D eigenvalue weighted by atomic mass is 9.97. The summed E-state index contributed by atoms with van der Waals surface area (Å²) in [5, 5.41) is 1.32. The minimum Gasteiger partial charge on any atom is -0.462 e. The van der Waals surface area contributed by atoms with Crippen LogP contribution in [0.5, 0.6) is 0 Å². The molecule has 0 bridgehead atoms. The summed E-state index contributed by atoms with van der Waals surface area (Å²) in [7, 11) is 1.07. The fourth-order valence-corrected chi connectivity index (χ4v) is 3.71. The van der Waals surface area contributed by atoms with Crippen molar-refractivity contribution in [3.8, 4) is 0 Å². The summed E-state index contributed by atoms with van der Waals surface area (Å²) >= 11 is 0. The van der Waals surface area contributed by atoms with Crippen molar-refractivity contribution in [2.75, 3.05) is 20.8 Å². The van der Waals surface area contributed by atoms with E-state index < -0.39 is 8.32 Å². The maximum Gasteiger partial charge on any atom is 0.302 e. The van der Waals surface area contributed by atoms with Crippen molar-refractivity contribution in [3.05, 3.63) is 11.6 Å². The summed E-state index contributed by atoms with van der Waals surface area (Å²) in [4.78, 5) is 28.5. The quantitative estimate of drug-likeness (QED) is 0.236. The summed E-state index contributed by atoms with van der Waals surface area (Å²) in [5.74, 6) is -0.701. The molecule has 0 N–H and O–H groups in total. The molecule has 0 aromatic rings. The lowest BCUT2D eigenvalue weighted by Gasteiger charge is -2.41. The Balaban J connectivity index is 5.24. The minimum absolute atomic E-state index is 0.0569. The Bertz CT molecular complexity index is 525. The second-order valence-corrected chi connectivity index (χ2v) is 13.4. The molecule has 27 heavy (non-hydrogen) atoms. The summed E-state index contributed by atoms with van der Waals surface area (Å²) in [6.07, 6.45) is 3.19. The smallest absolute Gasteiger partial charge is 0.302 e. The van der Waals surface area contributed by atoms with Gasteiger partial charge in [-0.1, -0.05) is 33.3 Å². The molecule has 2 atom stereocenters. The SMILES string of the molecule is CON(C)C(=O)[C@H](C)[C@H](CC/C(C)=C\COC(C)=O)O[Si](C)(C)C(C)(C)C. The Morgan fingerprint density at radius 3 is 2.19 bits per heavy atom. The Labute approximate surface area is 166 Å². The second kappa shape index (κ2) is 11.0. The molecule has 0 spiro atoms. The number of amides is 1. The topological polar surface area (TPSA) is 65.1 Å². The van der Waals surface area contributed by atoms with E-state index in [1.54, 1.807) is 7.05 Å². The van der Waals surface area contributed by atoms with Crippen LogP contribution in [0.3, 0.4) is 0 Å². The maximum absolute atomic E-state index is 12.6. The molecule has 0 rings (SSSR count). The Hall–Kier alpha value is -1.18. The Kier molecular flexibility index (Phi) is 10.5. The van der Waals surface area contributed by atoms with Crippen LogP contribution in [0.2, 0.25) is 18.1 Å². The molecule has 0 saturated heterocycles. The van der Waals surface area contributed by atoms with E-state index in [4.69, 9.17) is 14.0 Å². The molecule has 0 heterocycles. The van der Waals surface area contributed by atoms with E-state index >= 15 is 0 Å². The first-order chi connectivity index (χ1) is 12.2. The molecule has 1 amide bonds. The molecular formula is C20H39NO5Si. The molecule has 0 saturated carbocycles. The molecule has 6 nitrogen and oxygen atoms in total. The van der Waals surface area contributed by atoms with Crippen molar-refractivity contribution in [3.63, 3.8) is 0 Å². The van der Waals surface area contributed by atoms with Gasteiger partial charge in [-0.15, -0.1) is 0 Å². The molecule has 0 aliphatic carbocycles. The van der Waals surface area contributed by atoms with Crippen LogP contribution in [-0.4, -0.2) is 52.1 Å². The molecule has 0 unspecified atom stereocenters. The standard InChI is InChI=1S/C20H39NO5Si/c1-15(13-14-25-17(3)22)11-12-18(16(2)19(23)21(7)24-8)26-27(9,10)20(4,5)6/h13,16,18H,11-12,14H2,1-10H3/b15-13-/t16-,18+/m1/s1. The summed E-state index contributed by atoms with van der Waals surface area (Å²) in [6, 6.07) is 0. The molecule has 0 aliphatic rings. The lowest BCUT2D eigenvalue weighted by molar-refractivity contribution is -0.176. The van der Waals surface area contributed by atoms with Gasteiger partial charge in [0, 0.05) is 14.0 Å². The van der Waals surface area contributed by atoms with Crippen LogP contribution in [0.4, 0.5) is 0 Å². The first-order valence-electron chi connectivity index (χ1n) is 9.51. The van der Waals surface area contributed by atoms with Gasteiger partial charge >= 0.3 is 5.97 Å². The monoisotopic (exact) mass is 401 g/mol. The van der Waals surface area contributed by atoms with Crippen molar-refractivity contribution < 1.29 is 23.6 Å². The number of nitrogens with zero attached hydrogens (tertiary/aromatic N) is 1. The second-order valence-electron chi connectivity index (χ2n) is 8.62. The summed E-state index contributed by atoms with van der Waals surface area (Å²) in [5.41, 5.74) is 1.11. The highest BCUT2D eigenvalue weighted by Crippen LogP contribution is 2.39. The van der Waals surface area contributed by atoms with Gasteiger partial charge in [0.2, 0.25) is 0 Å². The largest absolute Gasteiger partial charge is 0.462 e. The zero-order valence-corrected chi connectivity index (χ0v) is 19.8. The predicted octanol–water partition coefficient (Wildman–Crippen LogP) is 4.32. The van der Waals surface area contributed by atoms with Gasteiger partial charge in [0.05, 0.1) is 19.1 Å². The van der Waals surface area contributed by atoms with Crippen molar-refractivity contribution >= 4 is 20.2 Å². The molecule has 0 fully saturated rings. The zero-order valence-electron chi connectivity index (χ0n) is 18.8. The van der Waals surface area contributed by atoms with Crippen LogP contribution < -0.4 is 0 Å². The first kappa shape index (κ1) is 25.8. The first-order valence-corrected chi connectivity index (χ1v) is 12.4.